The molecule has 4 nitrogen and oxygen atoms in total. The number of esters is 1. The number of hydrogen-bond donors (Lipinski definition) is 2. The van der Waals surface area contributed by atoms with E-state index in [0.717, 1.165) is 0 Å². The minimum Gasteiger partial charge on any atom is -0.459 e. The molecule has 0 saturated heterocycles. The van der Waals surface area contributed by atoms with Crippen LogP contribution >= 0.6 is 0 Å². The highest BCUT2D eigenvalue weighted by Gasteiger charge is 2.12. The summed E-state index contributed by atoms with van der Waals surface area (Å²) in [5.74, 6) is -0.501. The fourth-order valence-corrected chi connectivity index (χ4v) is 1.19. The molecule has 0 spiro atoms. The lowest BCUT2D eigenvalue weighted by Gasteiger charge is -2.15. The zero-order valence-corrected chi connectivity index (χ0v) is 7.96. The summed E-state index contributed by atoms with van der Waals surface area (Å²) >= 11 is 0. The molecule has 1 heterocycles. The van der Waals surface area contributed by atoms with Gasteiger partial charge in [-0.2, -0.15) is 0 Å². The van der Waals surface area contributed by atoms with Crippen molar-refractivity contribution < 1.29 is 19.7 Å². The average molecular weight is 198 g/mol. The van der Waals surface area contributed by atoms with Crippen LogP contribution < -0.4 is 0 Å². The molecule has 1 rings (SSSR count). The maximum atomic E-state index is 11.0. The number of rotatable bonds is 0. The van der Waals surface area contributed by atoms with E-state index in [-0.39, 0.29) is 6.10 Å². The van der Waals surface area contributed by atoms with Crippen molar-refractivity contribution in [3.05, 3.63) is 24.3 Å². The van der Waals surface area contributed by atoms with Crippen LogP contribution in [-0.2, 0) is 9.53 Å². The van der Waals surface area contributed by atoms with E-state index in [1.807, 2.05) is 0 Å². The van der Waals surface area contributed by atoms with Crippen LogP contribution in [-0.4, -0.2) is 34.5 Å². The van der Waals surface area contributed by atoms with E-state index in [1.165, 1.54) is 24.3 Å². The van der Waals surface area contributed by atoms with E-state index in [0.29, 0.717) is 6.42 Å². The number of aliphatic hydroxyl groups excluding tert-OH is 2. The Morgan fingerprint density at radius 3 is 2.79 bits per heavy atom. The minimum absolute atomic E-state index is 0.331. The van der Waals surface area contributed by atoms with Crippen LogP contribution in [0, 0.1) is 0 Å². The first-order valence-electron chi connectivity index (χ1n) is 4.51. The molecule has 0 radical (unpaired) electrons. The normalized spacial score (nSPS) is 38.5. The van der Waals surface area contributed by atoms with Crippen molar-refractivity contribution in [3.63, 3.8) is 0 Å². The maximum Gasteiger partial charge on any atom is 0.330 e. The lowest BCUT2D eigenvalue weighted by atomic mass is 10.1. The van der Waals surface area contributed by atoms with Crippen LogP contribution in [0.25, 0.3) is 0 Å². The zero-order chi connectivity index (χ0) is 10.6. The van der Waals surface area contributed by atoms with E-state index in [1.54, 1.807) is 6.92 Å². The van der Waals surface area contributed by atoms with E-state index in [2.05, 4.69) is 0 Å². The fraction of sp³-hybridized carbons (Fsp3) is 0.500. The van der Waals surface area contributed by atoms with Gasteiger partial charge in [-0.15, -0.1) is 0 Å². The van der Waals surface area contributed by atoms with Gasteiger partial charge in [0.2, 0.25) is 0 Å². The number of ether oxygens (including phenoxy) is 1. The van der Waals surface area contributed by atoms with Crippen LogP contribution in [0.15, 0.2) is 24.3 Å². The second-order valence-electron chi connectivity index (χ2n) is 3.29. The van der Waals surface area contributed by atoms with Crippen molar-refractivity contribution >= 4 is 5.97 Å². The highest BCUT2D eigenvalue weighted by Crippen LogP contribution is 2.07. The molecule has 14 heavy (non-hydrogen) atoms. The van der Waals surface area contributed by atoms with E-state index in [9.17, 15) is 15.0 Å². The molecule has 4 heteroatoms. The summed E-state index contributed by atoms with van der Waals surface area (Å²) in [5, 5.41) is 18.6. The van der Waals surface area contributed by atoms with Gasteiger partial charge in [-0.3, -0.25) is 0 Å². The molecule has 0 aromatic heterocycles. The number of hydrogen-bond acceptors (Lipinski definition) is 4. The lowest BCUT2D eigenvalue weighted by Crippen LogP contribution is -2.20. The first-order valence-corrected chi connectivity index (χ1v) is 4.51. The zero-order valence-electron chi connectivity index (χ0n) is 7.96. The topological polar surface area (TPSA) is 66.8 Å². The van der Waals surface area contributed by atoms with Crippen molar-refractivity contribution in [1.82, 2.24) is 0 Å². The number of cyclic esters (lactones) is 1. The molecule has 0 saturated carbocycles. The first-order chi connectivity index (χ1) is 6.58. The highest BCUT2D eigenvalue weighted by atomic mass is 16.5. The molecule has 0 unspecified atom stereocenters. The van der Waals surface area contributed by atoms with Crippen LogP contribution in [0.4, 0.5) is 0 Å². The molecule has 0 amide bonds. The van der Waals surface area contributed by atoms with Crippen molar-refractivity contribution in [1.29, 1.82) is 0 Å². The molecule has 1 aliphatic heterocycles. The predicted octanol–water partition coefficient (Wildman–Crippen LogP) is 0.156. The molecule has 0 aromatic rings. The second kappa shape index (κ2) is 4.93. The molecule has 2 N–H and O–H groups in total. The van der Waals surface area contributed by atoms with Crippen molar-refractivity contribution in [3.8, 4) is 0 Å². The Hall–Kier alpha value is -1.13. The number of aliphatic hydroxyl groups is 2. The Balaban J connectivity index is 2.72. The summed E-state index contributed by atoms with van der Waals surface area (Å²) in [6.45, 7) is 1.71. The SMILES string of the molecule is C[C@H]1C[C@@H](O)/C=C\[C@@H](O)/C=C\C(=O)O1. The van der Waals surface area contributed by atoms with Gasteiger partial charge < -0.3 is 14.9 Å². The lowest BCUT2D eigenvalue weighted by molar-refractivity contribution is -0.143. The van der Waals surface area contributed by atoms with Gasteiger partial charge in [0.15, 0.2) is 0 Å². The summed E-state index contributed by atoms with van der Waals surface area (Å²) in [5.41, 5.74) is 0. The van der Waals surface area contributed by atoms with Crippen molar-refractivity contribution in [2.45, 2.75) is 31.7 Å². The van der Waals surface area contributed by atoms with Crippen LogP contribution in [0.2, 0.25) is 0 Å². The van der Waals surface area contributed by atoms with Gasteiger partial charge in [-0.25, -0.2) is 4.79 Å². The summed E-state index contributed by atoms with van der Waals surface area (Å²) in [6, 6.07) is 0. The number of carbonyl (C=O) groups excluding carboxylic acids is 1. The van der Waals surface area contributed by atoms with E-state index in [4.69, 9.17) is 4.74 Å². The third kappa shape index (κ3) is 3.72. The molecule has 0 aromatic carbocycles. The third-order valence-corrected chi connectivity index (χ3v) is 1.85. The largest absolute Gasteiger partial charge is 0.459 e. The van der Waals surface area contributed by atoms with E-state index >= 15 is 0 Å². The van der Waals surface area contributed by atoms with Gasteiger partial charge in [0.1, 0.15) is 6.10 Å². The summed E-state index contributed by atoms with van der Waals surface area (Å²) in [6.07, 6.45) is 3.87. The maximum absolute atomic E-state index is 11.0. The highest BCUT2D eigenvalue weighted by molar-refractivity contribution is 5.82. The smallest absolute Gasteiger partial charge is 0.330 e. The van der Waals surface area contributed by atoms with Gasteiger partial charge in [0.05, 0.1) is 12.2 Å². The van der Waals surface area contributed by atoms with Gasteiger partial charge in [-0.1, -0.05) is 12.2 Å². The van der Waals surface area contributed by atoms with Gasteiger partial charge >= 0.3 is 5.97 Å². The molecule has 1 aliphatic rings. The summed E-state index contributed by atoms with van der Waals surface area (Å²) < 4.78 is 4.91. The average Bonchev–Trinajstić information content (AvgIpc) is 2.10. The van der Waals surface area contributed by atoms with E-state index < -0.39 is 18.2 Å². The molecule has 0 fully saturated rings. The fourth-order valence-electron chi connectivity index (χ4n) is 1.19. The van der Waals surface area contributed by atoms with Gasteiger partial charge in [-0.05, 0) is 13.0 Å². The Bertz CT molecular complexity index is 257. The Labute approximate surface area is 82.5 Å². The van der Waals surface area contributed by atoms with Crippen LogP contribution in [0.3, 0.4) is 0 Å². The molecule has 78 valence electrons. The van der Waals surface area contributed by atoms with Crippen molar-refractivity contribution in [2.24, 2.45) is 0 Å². The molecule has 0 bridgehead atoms. The van der Waals surface area contributed by atoms with Crippen LogP contribution in [0.1, 0.15) is 13.3 Å². The summed E-state index contributed by atoms with van der Waals surface area (Å²) in [4.78, 5) is 11.0. The molecule has 3 atom stereocenters. The standard InChI is InChI=1S/C10H14O4/c1-7-6-9(12)3-2-8(11)4-5-10(13)14-7/h2-5,7-9,11-12H,6H2,1H3/b3-2-,5-4-/t7-,8+,9-/m0/s1. The second-order valence-corrected chi connectivity index (χ2v) is 3.29. The van der Waals surface area contributed by atoms with Gasteiger partial charge in [0, 0.05) is 12.5 Å². The van der Waals surface area contributed by atoms with Crippen LogP contribution in [0.5, 0.6) is 0 Å². The Morgan fingerprint density at radius 1 is 1.36 bits per heavy atom. The molecular formula is C10H14O4. The Morgan fingerprint density at radius 2 is 2.07 bits per heavy atom. The predicted molar refractivity (Wildman–Crippen MR) is 50.5 cm³/mol. The third-order valence-electron chi connectivity index (χ3n) is 1.85. The van der Waals surface area contributed by atoms with Gasteiger partial charge in [0.25, 0.3) is 0 Å². The first kappa shape index (κ1) is 10.9. The van der Waals surface area contributed by atoms with Crippen molar-refractivity contribution in [2.75, 3.05) is 0 Å². The monoisotopic (exact) mass is 198 g/mol. The quantitative estimate of drug-likeness (QED) is 0.429. The molecular weight excluding hydrogens is 184 g/mol. The number of carbonyl (C=O) groups is 1. The minimum atomic E-state index is -0.856. The summed E-state index contributed by atoms with van der Waals surface area (Å²) in [7, 11) is 0. The Kier molecular flexibility index (Phi) is 3.85. The molecule has 0 aliphatic carbocycles.